The Hall–Kier alpha value is -4.42. The number of nitrogens with zero attached hydrogens (tertiary/aromatic N) is 5. The van der Waals surface area contributed by atoms with Crippen molar-refractivity contribution in [2.75, 3.05) is 22.6 Å². The van der Waals surface area contributed by atoms with Crippen molar-refractivity contribution in [3.63, 3.8) is 0 Å². The van der Waals surface area contributed by atoms with E-state index in [1.807, 2.05) is 0 Å². The normalized spacial score (nSPS) is 10.6. The van der Waals surface area contributed by atoms with E-state index < -0.39 is 11.9 Å². The molecule has 0 saturated carbocycles. The fourth-order valence-corrected chi connectivity index (χ4v) is 3.08. The van der Waals surface area contributed by atoms with Gasteiger partial charge in [-0.05, 0) is 6.92 Å². The van der Waals surface area contributed by atoms with Crippen LogP contribution in [-0.2, 0) is 35.5 Å². The van der Waals surface area contributed by atoms with Crippen LogP contribution in [0.1, 0.15) is 41.0 Å². The molecule has 0 aliphatic carbocycles. The van der Waals surface area contributed by atoms with Crippen molar-refractivity contribution in [3.05, 3.63) is 42.5 Å². The van der Waals surface area contributed by atoms with E-state index in [-0.39, 0.29) is 48.7 Å². The number of rotatable bonds is 9. The van der Waals surface area contributed by atoms with E-state index in [0.717, 1.165) is 0 Å². The third-order valence-electron chi connectivity index (χ3n) is 4.74. The molecule has 0 saturated heterocycles. The summed E-state index contributed by atoms with van der Waals surface area (Å²) in [5, 5.41) is 7.98. The monoisotopic (exact) mass is 470 g/mol. The van der Waals surface area contributed by atoms with Gasteiger partial charge in [-0.3, -0.25) is 14.4 Å². The number of hydrogen-bond donors (Lipinski definition) is 3. The maximum absolute atomic E-state index is 12.3. The standard InChI is InChI=1S/C21H26N8O5/c1-5-34-21(33)19-25-14(12-29(19)4)24-16(30)6-7-17(31)26-15-10-13(11-28(15)3)23-20(32)18-22-8-9-27(18)2/h8-12H,5-7H2,1-4H3,(H,23,32)(H,24,30)(H,26,31). The average Bonchev–Trinajstić information content (AvgIpc) is 3.45. The Kier molecular flexibility index (Phi) is 7.46. The zero-order valence-corrected chi connectivity index (χ0v) is 19.3. The van der Waals surface area contributed by atoms with Crippen LogP contribution in [0.2, 0.25) is 0 Å². The van der Waals surface area contributed by atoms with Crippen LogP contribution in [0.3, 0.4) is 0 Å². The second-order valence-corrected chi connectivity index (χ2v) is 7.42. The highest BCUT2D eigenvalue weighted by Crippen LogP contribution is 2.18. The molecule has 0 atom stereocenters. The van der Waals surface area contributed by atoms with Gasteiger partial charge in [-0.25, -0.2) is 14.8 Å². The molecule has 3 amide bonds. The van der Waals surface area contributed by atoms with Gasteiger partial charge in [0.1, 0.15) is 5.82 Å². The molecule has 0 unspecified atom stereocenters. The summed E-state index contributed by atoms with van der Waals surface area (Å²) in [6, 6.07) is 1.60. The molecule has 0 radical (unpaired) electrons. The van der Waals surface area contributed by atoms with Crippen molar-refractivity contribution in [2.24, 2.45) is 21.1 Å². The van der Waals surface area contributed by atoms with Crippen LogP contribution >= 0.6 is 0 Å². The van der Waals surface area contributed by atoms with Crippen molar-refractivity contribution in [2.45, 2.75) is 19.8 Å². The quantitative estimate of drug-likeness (QED) is 0.398. The lowest BCUT2D eigenvalue weighted by molar-refractivity contribution is -0.121. The molecule has 3 heterocycles. The van der Waals surface area contributed by atoms with Crippen LogP contribution in [-0.4, -0.2) is 54.0 Å². The Morgan fingerprint density at radius 3 is 2.26 bits per heavy atom. The Morgan fingerprint density at radius 2 is 1.62 bits per heavy atom. The van der Waals surface area contributed by atoms with E-state index in [1.165, 1.54) is 17.0 Å². The summed E-state index contributed by atoms with van der Waals surface area (Å²) in [4.78, 5) is 56.7. The van der Waals surface area contributed by atoms with E-state index in [2.05, 4.69) is 25.9 Å². The molecule has 0 spiro atoms. The van der Waals surface area contributed by atoms with Gasteiger partial charge in [-0.2, -0.15) is 0 Å². The number of anilines is 3. The highest BCUT2D eigenvalue weighted by Gasteiger charge is 2.17. The van der Waals surface area contributed by atoms with Crippen molar-refractivity contribution < 1.29 is 23.9 Å². The largest absolute Gasteiger partial charge is 0.460 e. The summed E-state index contributed by atoms with van der Waals surface area (Å²) < 4.78 is 9.57. The third-order valence-corrected chi connectivity index (χ3v) is 4.74. The number of esters is 1. The van der Waals surface area contributed by atoms with E-state index >= 15 is 0 Å². The molecule has 13 heteroatoms. The zero-order valence-electron chi connectivity index (χ0n) is 19.3. The van der Waals surface area contributed by atoms with Crippen LogP contribution in [0.4, 0.5) is 17.3 Å². The minimum absolute atomic E-state index is 0.0596. The first-order chi connectivity index (χ1) is 16.2. The predicted molar refractivity (Wildman–Crippen MR) is 122 cm³/mol. The molecule has 3 rings (SSSR count). The molecule has 0 bridgehead atoms. The van der Waals surface area contributed by atoms with Crippen molar-refractivity contribution in [3.8, 4) is 0 Å². The fourth-order valence-electron chi connectivity index (χ4n) is 3.08. The average molecular weight is 470 g/mol. The molecule has 3 aromatic heterocycles. The smallest absolute Gasteiger partial charge is 0.374 e. The fraction of sp³-hybridized carbons (Fsp3) is 0.333. The van der Waals surface area contributed by atoms with Crippen LogP contribution < -0.4 is 16.0 Å². The highest BCUT2D eigenvalue weighted by molar-refractivity contribution is 6.02. The molecule has 0 aliphatic heterocycles. The predicted octanol–water partition coefficient (Wildman–Crippen LogP) is 1.28. The lowest BCUT2D eigenvalue weighted by atomic mass is 10.3. The van der Waals surface area contributed by atoms with Gasteiger partial charge in [0.2, 0.25) is 17.6 Å². The van der Waals surface area contributed by atoms with Crippen LogP contribution in [0.5, 0.6) is 0 Å². The number of nitrogens with one attached hydrogen (secondary N) is 3. The first-order valence-electron chi connectivity index (χ1n) is 10.4. The zero-order chi connectivity index (χ0) is 24.8. The Balaban J connectivity index is 1.50. The van der Waals surface area contributed by atoms with Gasteiger partial charge in [0.15, 0.2) is 11.6 Å². The van der Waals surface area contributed by atoms with Crippen molar-refractivity contribution >= 4 is 41.0 Å². The van der Waals surface area contributed by atoms with Crippen LogP contribution in [0.15, 0.2) is 30.9 Å². The number of aryl methyl sites for hydroxylation is 3. The minimum atomic E-state index is -0.595. The van der Waals surface area contributed by atoms with Gasteiger partial charge in [0.25, 0.3) is 5.91 Å². The third kappa shape index (κ3) is 5.88. The maximum Gasteiger partial charge on any atom is 0.374 e. The molecule has 3 N–H and O–H groups in total. The summed E-state index contributed by atoms with van der Waals surface area (Å²) in [5.74, 6) is -0.843. The number of carbonyl (C=O) groups excluding carboxylic acids is 4. The number of carbonyl (C=O) groups is 4. The van der Waals surface area contributed by atoms with Gasteiger partial charge < -0.3 is 34.4 Å². The Bertz CT molecular complexity index is 1220. The van der Waals surface area contributed by atoms with E-state index in [0.29, 0.717) is 11.5 Å². The SMILES string of the molecule is CCOC(=O)c1nc(NC(=O)CCC(=O)Nc2cc(NC(=O)c3nccn3C)cn2C)cn1C. The molecule has 180 valence electrons. The van der Waals surface area contributed by atoms with Crippen molar-refractivity contribution in [1.29, 1.82) is 0 Å². The molecule has 0 aromatic carbocycles. The summed E-state index contributed by atoms with van der Waals surface area (Å²) >= 11 is 0. The van der Waals surface area contributed by atoms with Gasteiger partial charge in [-0.15, -0.1) is 0 Å². The second-order valence-electron chi connectivity index (χ2n) is 7.42. The first-order valence-corrected chi connectivity index (χ1v) is 10.4. The highest BCUT2D eigenvalue weighted by atomic mass is 16.5. The topological polar surface area (TPSA) is 154 Å². The molecule has 0 fully saturated rings. The minimum Gasteiger partial charge on any atom is -0.460 e. The summed E-state index contributed by atoms with van der Waals surface area (Å²) in [7, 11) is 5.03. The molecular weight excluding hydrogens is 444 g/mol. The first kappa shape index (κ1) is 24.2. The van der Waals surface area contributed by atoms with Gasteiger partial charge in [0.05, 0.1) is 12.3 Å². The van der Waals surface area contributed by atoms with E-state index in [1.54, 1.807) is 55.7 Å². The summed E-state index contributed by atoms with van der Waals surface area (Å²) in [6.45, 7) is 1.89. The molecule has 13 nitrogen and oxygen atoms in total. The lowest BCUT2D eigenvalue weighted by Crippen LogP contribution is -2.18. The van der Waals surface area contributed by atoms with E-state index in [9.17, 15) is 19.2 Å². The summed E-state index contributed by atoms with van der Waals surface area (Å²) in [5.41, 5.74) is 0.482. The number of aromatic nitrogens is 5. The molecule has 34 heavy (non-hydrogen) atoms. The van der Waals surface area contributed by atoms with Crippen molar-refractivity contribution in [1.82, 2.24) is 23.7 Å². The van der Waals surface area contributed by atoms with Crippen LogP contribution in [0, 0.1) is 0 Å². The Morgan fingerprint density at radius 1 is 0.912 bits per heavy atom. The number of ether oxygens (including phenoxy) is 1. The van der Waals surface area contributed by atoms with Crippen LogP contribution in [0.25, 0.3) is 0 Å². The summed E-state index contributed by atoms with van der Waals surface area (Å²) in [6.07, 6.45) is 6.14. The lowest BCUT2D eigenvalue weighted by Gasteiger charge is -2.06. The number of hydrogen-bond acceptors (Lipinski definition) is 7. The molecule has 0 aliphatic rings. The van der Waals surface area contributed by atoms with Gasteiger partial charge in [-0.1, -0.05) is 0 Å². The maximum atomic E-state index is 12.3. The van der Waals surface area contributed by atoms with Gasteiger partial charge >= 0.3 is 5.97 Å². The number of imidazole rings is 2. The second kappa shape index (κ2) is 10.5. The molecule has 3 aromatic rings. The van der Waals surface area contributed by atoms with Gasteiger partial charge in [0, 0.05) is 64.8 Å². The number of amides is 3. The Labute approximate surface area is 195 Å². The van der Waals surface area contributed by atoms with E-state index in [4.69, 9.17) is 4.74 Å². The molecular formula is C21H26N8O5.